The van der Waals surface area contributed by atoms with Gasteiger partial charge in [0.05, 0.1) is 12.0 Å². The van der Waals surface area contributed by atoms with Crippen LogP contribution in [0.3, 0.4) is 0 Å². The predicted molar refractivity (Wildman–Crippen MR) is 86.3 cm³/mol. The molecule has 1 aromatic rings. The molecule has 2 rings (SSSR count). The molecule has 0 radical (unpaired) electrons. The summed E-state index contributed by atoms with van der Waals surface area (Å²) in [5.74, 6) is -0.652. The number of aliphatic carboxylic acids is 1. The number of methoxy groups -OCH3 is 1. The molecule has 1 aliphatic heterocycles. The number of benzene rings is 1. The fraction of sp³-hybridized carbons (Fsp3) is 0.529. The summed E-state index contributed by atoms with van der Waals surface area (Å²) in [6.45, 7) is 1.72. The van der Waals surface area contributed by atoms with Crippen molar-refractivity contribution < 1.29 is 28.9 Å². The van der Waals surface area contributed by atoms with E-state index in [0.717, 1.165) is 0 Å². The van der Waals surface area contributed by atoms with Crippen LogP contribution in [0.1, 0.15) is 23.2 Å². The third kappa shape index (κ3) is 4.69. The number of amides is 1. The Bertz CT molecular complexity index is 568. The van der Waals surface area contributed by atoms with Gasteiger partial charge in [-0.25, -0.2) is 0 Å². The van der Waals surface area contributed by atoms with Crippen molar-refractivity contribution >= 4 is 11.9 Å². The molecule has 1 aliphatic rings. The lowest BCUT2D eigenvalue weighted by Crippen LogP contribution is -2.46. The Morgan fingerprint density at radius 3 is 2.71 bits per heavy atom. The third-order valence-corrected chi connectivity index (χ3v) is 4.14. The predicted octanol–water partition coefficient (Wildman–Crippen LogP) is 1.32. The standard InChI is InChI=1S/C17H23NO6/c1-22-9-10-24-14-4-2-3-13(11-14)15(19)18-12-17(16(20)21)5-7-23-8-6-17/h2-4,11H,5-10,12H2,1H3,(H,18,19)(H,20,21). The fourth-order valence-electron chi connectivity index (χ4n) is 2.55. The topological polar surface area (TPSA) is 94.1 Å². The van der Waals surface area contributed by atoms with E-state index in [1.807, 2.05) is 0 Å². The molecule has 1 fully saturated rings. The normalized spacial score (nSPS) is 16.4. The number of hydrogen-bond acceptors (Lipinski definition) is 5. The highest BCUT2D eigenvalue weighted by molar-refractivity contribution is 5.94. The van der Waals surface area contributed by atoms with E-state index in [2.05, 4.69) is 5.32 Å². The molecule has 2 N–H and O–H groups in total. The number of nitrogens with one attached hydrogen (secondary N) is 1. The number of carbonyl (C=O) groups excluding carboxylic acids is 1. The number of hydrogen-bond donors (Lipinski definition) is 2. The Kier molecular flexibility index (Phi) is 6.57. The maximum Gasteiger partial charge on any atom is 0.311 e. The van der Waals surface area contributed by atoms with Crippen LogP contribution in [0, 0.1) is 5.41 Å². The Labute approximate surface area is 140 Å². The zero-order valence-corrected chi connectivity index (χ0v) is 13.7. The van der Waals surface area contributed by atoms with Crippen molar-refractivity contribution in [2.24, 2.45) is 5.41 Å². The number of rotatable bonds is 8. The number of ether oxygens (including phenoxy) is 3. The van der Waals surface area contributed by atoms with E-state index in [4.69, 9.17) is 14.2 Å². The van der Waals surface area contributed by atoms with Gasteiger partial charge in [0.15, 0.2) is 0 Å². The van der Waals surface area contributed by atoms with E-state index in [1.165, 1.54) is 0 Å². The van der Waals surface area contributed by atoms with Gasteiger partial charge in [-0.1, -0.05) is 6.07 Å². The van der Waals surface area contributed by atoms with Gasteiger partial charge in [-0.05, 0) is 31.0 Å². The Morgan fingerprint density at radius 1 is 1.29 bits per heavy atom. The van der Waals surface area contributed by atoms with Crippen molar-refractivity contribution in [1.82, 2.24) is 5.32 Å². The van der Waals surface area contributed by atoms with Crippen LogP contribution in [0.4, 0.5) is 0 Å². The molecule has 0 saturated carbocycles. The average Bonchev–Trinajstić information content (AvgIpc) is 2.61. The van der Waals surface area contributed by atoms with Crippen LogP contribution in [-0.4, -0.2) is 57.1 Å². The first-order valence-electron chi connectivity index (χ1n) is 7.88. The minimum Gasteiger partial charge on any atom is -0.491 e. The van der Waals surface area contributed by atoms with Crippen LogP contribution in [-0.2, 0) is 14.3 Å². The Morgan fingerprint density at radius 2 is 2.04 bits per heavy atom. The van der Waals surface area contributed by atoms with Crippen molar-refractivity contribution in [3.05, 3.63) is 29.8 Å². The summed E-state index contributed by atoms with van der Waals surface area (Å²) >= 11 is 0. The van der Waals surface area contributed by atoms with Crippen molar-refractivity contribution in [2.45, 2.75) is 12.8 Å². The van der Waals surface area contributed by atoms with Gasteiger partial charge < -0.3 is 24.6 Å². The summed E-state index contributed by atoms with van der Waals surface area (Å²) in [5.41, 5.74) is -0.530. The summed E-state index contributed by atoms with van der Waals surface area (Å²) in [6.07, 6.45) is 0.783. The monoisotopic (exact) mass is 337 g/mol. The molecule has 0 atom stereocenters. The highest BCUT2D eigenvalue weighted by atomic mass is 16.5. The van der Waals surface area contributed by atoms with E-state index in [9.17, 15) is 14.7 Å². The molecule has 0 bridgehead atoms. The molecule has 7 nitrogen and oxygen atoms in total. The lowest BCUT2D eigenvalue weighted by Gasteiger charge is -2.33. The van der Waals surface area contributed by atoms with Crippen molar-refractivity contribution in [2.75, 3.05) is 40.1 Å². The molecule has 1 amide bonds. The SMILES string of the molecule is COCCOc1cccc(C(=O)NCC2(C(=O)O)CCOCC2)c1. The molecule has 0 aliphatic carbocycles. The fourth-order valence-corrected chi connectivity index (χ4v) is 2.55. The largest absolute Gasteiger partial charge is 0.491 e. The molecule has 132 valence electrons. The zero-order valence-electron chi connectivity index (χ0n) is 13.7. The molecule has 0 aromatic heterocycles. The summed E-state index contributed by atoms with van der Waals surface area (Å²) in [5, 5.41) is 12.2. The van der Waals surface area contributed by atoms with Crippen molar-refractivity contribution in [3.63, 3.8) is 0 Å². The van der Waals surface area contributed by atoms with Gasteiger partial charge in [0.25, 0.3) is 5.91 Å². The second-order valence-electron chi connectivity index (χ2n) is 5.75. The quantitative estimate of drug-likeness (QED) is 0.695. The summed E-state index contributed by atoms with van der Waals surface area (Å²) < 4.78 is 15.6. The first-order chi connectivity index (χ1) is 11.6. The van der Waals surface area contributed by atoms with Crippen LogP contribution in [0.15, 0.2) is 24.3 Å². The average molecular weight is 337 g/mol. The second kappa shape index (κ2) is 8.65. The molecule has 24 heavy (non-hydrogen) atoms. The Hall–Kier alpha value is -2.12. The van der Waals surface area contributed by atoms with E-state index in [-0.39, 0.29) is 12.5 Å². The number of carboxylic acids is 1. The first kappa shape index (κ1) is 18.2. The molecule has 0 unspecified atom stereocenters. The number of carboxylic acid groups (broad SMARTS) is 1. The van der Waals surface area contributed by atoms with Gasteiger partial charge in [0.2, 0.25) is 0 Å². The maximum absolute atomic E-state index is 12.3. The minimum absolute atomic E-state index is 0.0826. The lowest BCUT2D eigenvalue weighted by atomic mass is 9.80. The van der Waals surface area contributed by atoms with Gasteiger partial charge in [-0.15, -0.1) is 0 Å². The molecule has 0 spiro atoms. The van der Waals surface area contributed by atoms with Crippen LogP contribution >= 0.6 is 0 Å². The minimum atomic E-state index is -0.958. The van der Waals surface area contributed by atoms with Crippen molar-refractivity contribution in [1.29, 1.82) is 0 Å². The zero-order chi connectivity index (χ0) is 17.4. The Balaban J connectivity index is 1.96. The highest BCUT2D eigenvalue weighted by Crippen LogP contribution is 2.30. The second-order valence-corrected chi connectivity index (χ2v) is 5.75. The molecular weight excluding hydrogens is 314 g/mol. The van der Waals surface area contributed by atoms with Gasteiger partial charge in [-0.2, -0.15) is 0 Å². The van der Waals surface area contributed by atoms with E-state index in [1.54, 1.807) is 31.4 Å². The maximum atomic E-state index is 12.3. The summed E-state index contributed by atoms with van der Waals surface area (Å²) in [4.78, 5) is 23.9. The first-order valence-corrected chi connectivity index (χ1v) is 7.88. The van der Waals surface area contributed by atoms with Gasteiger partial charge in [-0.3, -0.25) is 9.59 Å². The van der Waals surface area contributed by atoms with Gasteiger partial charge >= 0.3 is 5.97 Å². The third-order valence-electron chi connectivity index (χ3n) is 4.14. The molecular formula is C17H23NO6. The van der Waals surface area contributed by atoms with E-state index in [0.29, 0.717) is 50.6 Å². The summed E-state index contributed by atoms with van der Waals surface area (Å²) in [6, 6.07) is 6.76. The smallest absolute Gasteiger partial charge is 0.311 e. The lowest BCUT2D eigenvalue weighted by molar-refractivity contribution is -0.154. The molecule has 1 aromatic carbocycles. The summed E-state index contributed by atoms with van der Waals surface area (Å²) in [7, 11) is 1.59. The number of carbonyl (C=O) groups is 2. The molecule has 1 heterocycles. The van der Waals surface area contributed by atoms with Gasteiger partial charge in [0, 0.05) is 32.4 Å². The van der Waals surface area contributed by atoms with Gasteiger partial charge in [0.1, 0.15) is 12.4 Å². The highest BCUT2D eigenvalue weighted by Gasteiger charge is 2.40. The molecule has 1 saturated heterocycles. The van der Waals surface area contributed by atoms with Crippen LogP contribution < -0.4 is 10.1 Å². The van der Waals surface area contributed by atoms with Crippen LogP contribution in [0.25, 0.3) is 0 Å². The van der Waals surface area contributed by atoms with Crippen molar-refractivity contribution in [3.8, 4) is 5.75 Å². The van der Waals surface area contributed by atoms with Crippen LogP contribution in [0.5, 0.6) is 5.75 Å². The van der Waals surface area contributed by atoms with E-state index < -0.39 is 11.4 Å². The van der Waals surface area contributed by atoms with Crippen LogP contribution in [0.2, 0.25) is 0 Å². The molecule has 7 heteroatoms. The van der Waals surface area contributed by atoms with E-state index >= 15 is 0 Å².